The van der Waals surface area contributed by atoms with Crippen molar-refractivity contribution in [2.24, 2.45) is 5.14 Å². The lowest BCUT2D eigenvalue weighted by atomic mass is 9.92. The molecule has 1 unspecified atom stereocenters. The number of carbonyl (C=O) groups is 1. The van der Waals surface area contributed by atoms with Crippen molar-refractivity contribution in [1.82, 2.24) is 0 Å². The molecule has 6 heteroatoms. The molecule has 3 N–H and O–H groups in total. The van der Waals surface area contributed by atoms with Crippen LogP contribution in [0.3, 0.4) is 0 Å². The molecule has 0 amide bonds. The number of hydrogen-bond acceptors (Lipinski definition) is 3. The largest absolute Gasteiger partial charge is 0.481 e. The van der Waals surface area contributed by atoms with Gasteiger partial charge in [-0.2, -0.15) is 0 Å². The Kier molecular flexibility index (Phi) is 4.40. The van der Waals surface area contributed by atoms with E-state index in [1.807, 2.05) is 30.3 Å². The first-order valence-corrected chi connectivity index (χ1v) is 7.82. The number of nitrogens with two attached hydrogens (primary N) is 1. The van der Waals surface area contributed by atoms with Gasteiger partial charge in [0.2, 0.25) is 10.0 Å². The molecule has 0 aliphatic carbocycles. The minimum atomic E-state index is -3.77. The van der Waals surface area contributed by atoms with Crippen LogP contribution < -0.4 is 5.14 Å². The molecule has 0 heterocycles. The maximum absolute atomic E-state index is 11.4. The summed E-state index contributed by atoms with van der Waals surface area (Å²) in [6.45, 7) is 0. The van der Waals surface area contributed by atoms with Gasteiger partial charge in [0.15, 0.2) is 0 Å². The van der Waals surface area contributed by atoms with E-state index in [0.29, 0.717) is 12.0 Å². The number of aliphatic carboxylic acids is 1. The van der Waals surface area contributed by atoms with Gasteiger partial charge in [0.05, 0.1) is 10.8 Å². The standard InChI is InChI=1S/C15H15NO4S/c16-21(19,20)13-8-6-12(7-9-13)14(15(17)18)10-11-4-2-1-3-5-11/h1-9,14H,10H2,(H,17,18)(H2,16,19,20). The summed E-state index contributed by atoms with van der Waals surface area (Å²) in [5, 5.41) is 14.4. The molecule has 2 aromatic rings. The molecule has 5 nitrogen and oxygen atoms in total. The first kappa shape index (κ1) is 15.2. The van der Waals surface area contributed by atoms with Gasteiger partial charge in [-0.05, 0) is 29.7 Å². The minimum Gasteiger partial charge on any atom is -0.481 e. The summed E-state index contributed by atoms with van der Waals surface area (Å²) in [4.78, 5) is 11.4. The van der Waals surface area contributed by atoms with Gasteiger partial charge in [0, 0.05) is 0 Å². The molecule has 0 fully saturated rings. The third-order valence-electron chi connectivity index (χ3n) is 3.19. The average Bonchev–Trinajstić information content (AvgIpc) is 2.45. The van der Waals surface area contributed by atoms with Crippen molar-refractivity contribution in [3.63, 3.8) is 0 Å². The fourth-order valence-electron chi connectivity index (χ4n) is 2.09. The Morgan fingerprint density at radius 2 is 1.62 bits per heavy atom. The molecule has 0 saturated carbocycles. The van der Waals surface area contributed by atoms with Crippen molar-refractivity contribution in [3.05, 3.63) is 65.7 Å². The van der Waals surface area contributed by atoms with Crippen molar-refractivity contribution < 1.29 is 18.3 Å². The second-order valence-corrected chi connectivity index (χ2v) is 6.26. The fourth-order valence-corrected chi connectivity index (χ4v) is 2.60. The molecule has 1 atom stereocenters. The van der Waals surface area contributed by atoms with Crippen LogP contribution in [-0.4, -0.2) is 19.5 Å². The third-order valence-corrected chi connectivity index (χ3v) is 4.12. The average molecular weight is 305 g/mol. The highest BCUT2D eigenvalue weighted by atomic mass is 32.2. The molecular weight excluding hydrogens is 290 g/mol. The molecule has 2 rings (SSSR count). The van der Waals surface area contributed by atoms with E-state index in [9.17, 15) is 18.3 Å². The normalized spacial score (nSPS) is 12.8. The zero-order valence-electron chi connectivity index (χ0n) is 11.1. The van der Waals surface area contributed by atoms with Crippen molar-refractivity contribution in [3.8, 4) is 0 Å². The molecule has 0 saturated heterocycles. The van der Waals surface area contributed by atoms with E-state index in [1.54, 1.807) is 0 Å². The zero-order valence-corrected chi connectivity index (χ0v) is 12.0. The summed E-state index contributed by atoms with van der Waals surface area (Å²) in [6.07, 6.45) is 0.338. The molecule has 0 radical (unpaired) electrons. The SMILES string of the molecule is NS(=O)(=O)c1ccc(C(Cc2ccccc2)C(=O)O)cc1. The summed E-state index contributed by atoms with van der Waals surface area (Å²) in [6, 6.07) is 14.9. The van der Waals surface area contributed by atoms with Gasteiger partial charge in [-0.1, -0.05) is 42.5 Å². The van der Waals surface area contributed by atoms with E-state index < -0.39 is 21.9 Å². The van der Waals surface area contributed by atoms with E-state index in [4.69, 9.17) is 5.14 Å². The maximum atomic E-state index is 11.4. The van der Waals surface area contributed by atoms with Crippen LogP contribution in [0.1, 0.15) is 17.0 Å². The first-order chi connectivity index (χ1) is 9.88. The number of carboxylic acid groups (broad SMARTS) is 1. The number of primary sulfonamides is 1. The Bertz CT molecular complexity index is 724. The molecule has 21 heavy (non-hydrogen) atoms. The lowest BCUT2D eigenvalue weighted by Gasteiger charge is -2.13. The van der Waals surface area contributed by atoms with Crippen LogP contribution in [0.2, 0.25) is 0 Å². The predicted octanol–water partition coefficient (Wildman–Crippen LogP) is 1.74. The monoisotopic (exact) mass is 305 g/mol. The van der Waals surface area contributed by atoms with E-state index in [-0.39, 0.29) is 4.90 Å². The van der Waals surface area contributed by atoms with Crippen molar-refractivity contribution in [2.45, 2.75) is 17.2 Å². The van der Waals surface area contributed by atoms with Gasteiger partial charge in [-0.25, -0.2) is 13.6 Å². The highest BCUT2D eigenvalue weighted by Gasteiger charge is 2.21. The summed E-state index contributed by atoms with van der Waals surface area (Å²) < 4.78 is 22.4. The van der Waals surface area contributed by atoms with E-state index >= 15 is 0 Å². The molecule has 0 bridgehead atoms. The lowest BCUT2D eigenvalue weighted by Crippen LogP contribution is -2.15. The molecular formula is C15H15NO4S. The number of hydrogen-bond donors (Lipinski definition) is 2. The highest BCUT2D eigenvalue weighted by molar-refractivity contribution is 7.89. The smallest absolute Gasteiger partial charge is 0.311 e. The predicted molar refractivity (Wildman–Crippen MR) is 78.3 cm³/mol. The van der Waals surface area contributed by atoms with E-state index in [1.165, 1.54) is 24.3 Å². The van der Waals surface area contributed by atoms with Gasteiger partial charge in [0.1, 0.15) is 0 Å². The van der Waals surface area contributed by atoms with Crippen LogP contribution in [0.4, 0.5) is 0 Å². The third kappa shape index (κ3) is 3.90. The molecule has 110 valence electrons. The van der Waals surface area contributed by atoms with Gasteiger partial charge in [-0.15, -0.1) is 0 Å². The quantitative estimate of drug-likeness (QED) is 0.879. The highest BCUT2D eigenvalue weighted by Crippen LogP contribution is 2.22. The molecule has 2 aromatic carbocycles. The Morgan fingerprint density at radius 3 is 2.10 bits per heavy atom. The Hall–Kier alpha value is -2.18. The van der Waals surface area contributed by atoms with Crippen LogP contribution in [0.25, 0.3) is 0 Å². The van der Waals surface area contributed by atoms with Crippen molar-refractivity contribution >= 4 is 16.0 Å². The Morgan fingerprint density at radius 1 is 1.05 bits per heavy atom. The summed E-state index contributed by atoms with van der Waals surface area (Å²) in [7, 11) is -3.77. The number of sulfonamides is 1. The number of carboxylic acids is 1. The second-order valence-electron chi connectivity index (χ2n) is 4.69. The van der Waals surface area contributed by atoms with Crippen LogP contribution in [0, 0.1) is 0 Å². The van der Waals surface area contributed by atoms with E-state index in [2.05, 4.69) is 0 Å². The second kappa shape index (κ2) is 6.07. The first-order valence-electron chi connectivity index (χ1n) is 6.27. The van der Waals surface area contributed by atoms with Gasteiger partial charge in [0.25, 0.3) is 0 Å². The van der Waals surface area contributed by atoms with Crippen molar-refractivity contribution in [2.75, 3.05) is 0 Å². The minimum absolute atomic E-state index is 0.0323. The van der Waals surface area contributed by atoms with Gasteiger partial charge < -0.3 is 5.11 Å². The molecule has 0 spiro atoms. The van der Waals surface area contributed by atoms with E-state index in [0.717, 1.165) is 5.56 Å². The van der Waals surface area contributed by atoms with Gasteiger partial charge >= 0.3 is 5.97 Å². The molecule has 0 aliphatic heterocycles. The number of rotatable bonds is 5. The summed E-state index contributed by atoms with van der Waals surface area (Å²) in [5.41, 5.74) is 1.44. The van der Waals surface area contributed by atoms with Crippen LogP contribution >= 0.6 is 0 Å². The van der Waals surface area contributed by atoms with Crippen LogP contribution in [0.15, 0.2) is 59.5 Å². The lowest BCUT2D eigenvalue weighted by molar-refractivity contribution is -0.138. The molecule has 0 aromatic heterocycles. The Balaban J connectivity index is 2.29. The topological polar surface area (TPSA) is 97.5 Å². The molecule has 0 aliphatic rings. The van der Waals surface area contributed by atoms with Crippen LogP contribution in [-0.2, 0) is 21.2 Å². The Labute approximate surface area is 123 Å². The number of benzene rings is 2. The fraction of sp³-hybridized carbons (Fsp3) is 0.133. The van der Waals surface area contributed by atoms with Crippen LogP contribution in [0.5, 0.6) is 0 Å². The summed E-state index contributed by atoms with van der Waals surface area (Å²) in [5.74, 6) is -1.69. The summed E-state index contributed by atoms with van der Waals surface area (Å²) >= 11 is 0. The van der Waals surface area contributed by atoms with Gasteiger partial charge in [-0.3, -0.25) is 4.79 Å². The maximum Gasteiger partial charge on any atom is 0.311 e. The zero-order chi connectivity index (χ0) is 15.5. The van der Waals surface area contributed by atoms with Crippen molar-refractivity contribution in [1.29, 1.82) is 0 Å².